The average Bonchev–Trinajstić information content (AvgIpc) is 2.97. The first-order valence-corrected chi connectivity index (χ1v) is 6.14. The maximum absolute atomic E-state index is 8.67. The predicted octanol–water partition coefficient (Wildman–Crippen LogP) is 1.26. The Hall–Kier alpha value is -0.120. The van der Waals surface area contributed by atoms with Gasteiger partial charge in [0.1, 0.15) is 0 Å². The van der Waals surface area contributed by atoms with E-state index < -0.39 is 0 Å². The van der Waals surface area contributed by atoms with Gasteiger partial charge in [0.15, 0.2) is 0 Å². The third kappa shape index (κ3) is 3.16. The van der Waals surface area contributed by atoms with Crippen LogP contribution in [0.15, 0.2) is 0 Å². The van der Waals surface area contributed by atoms with E-state index in [9.17, 15) is 0 Å². The van der Waals surface area contributed by atoms with E-state index >= 15 is 0 Å². The molecule has 1 rings (SSSR count). The molecule has 3 nitrogen and oxygen atoms in total. The van der Waals surface area contributed by atoms with E-state index in [4.69, 9.17) is 10.8 Å². The van der Waals surface area contributed by atoms with Gasteiger partial charge in [0.25, 0.3) is 0 Å². The molecule has 0 radical (unpaired) electrons. The van der Waals surface area contributed by atoms with Crippen molar-refractivity contribution in [3.63, 3.8) is 0 Å². The first kappa shape index (κ1) is 12.9. The summed E-state index contributed by atoms with van der Waals surface area (Å²) in [5.41, 5.74) is 6.39. The Morgan fingerprint density at radius 1 is 1.33 bits per heavy atom. The molecule has 1 aliphatic rings. The molecule has 0 aromatic heterocycles. The Labute approximate surface area is 93.4 Å². The zero-order valence-corrected chi connectivity index (χ0v) is 10.2. The summed E-state index contributed by atoms with van der Waals surface area (Å²) in [5.74, 6) is 0. The largest absolute Gasteiger partial charge is 0.396 e. The summed E-state index contributed by atoms with van der Waals surface area (Å²) in [5, 5.41) is 12.3. The number of hydrogen-bond donors (Lipinski definition) is 3. The normalized spacial score (nSPS) is 22.4. The number of aliphatic hydroxyl groups excluding tert-OH is 1. The molecule has 0 spiro atoms. The molecule has 0 bridgehead atoms. The maximum Gasteiger partial charge on any atom is 0.0431 e. The molecule has 3 heteroatoms. The van der Waals surface area contributed by atoms with Gasteiger partial charge in [0, 0.05) is 18.7 Å². The maximum atomic E-state index is 8.67. The molecule has 15 heavy (non-hydrogen) atoms. The monoisotopic (exact) mass is 214 g/mol. The Kier molecular flexibility index (Phi) is 4.56. The van der Waals surface area contributed by atoms with Gasteiger partial charge in [0.05, 0.1) is 0 Å². The predicted molar refractivity (Wildman–Crippen MR) is 63.7 cm³/mol. The topological polar surface area (TPSA) is 58.3 Å². The van der Waals surface area contributed by atoms with Crippen LogP contribution in [0.2, 0.25) is 0 Å². The summed E-state index contributed by atoms with van der Waals surface area (Å²) in [7, 11) is 0. The molecule has 1 aliphatic carbocycles. The Balaban J connectivity index is 2.22. The van der Waals surface area contributed by atoms with Gasteiger partial charge >= 0.3 is 0 Å². The van der Waals surface area contributed by atoms with Crippen LogP contribution in [0.3, 0.4) is 0 Å². The van der Waals surface area contributed by atoms with Gasteiger partial charge in [-0.05, 0) is 51.0 Å². The second kappa shape index (κ2) is 5.28. The van der Waals surface area contributed by atoms with Crippen molar-refractivity contribution in [2.45, 2.75) is 51.5 Å². The number of nitrogens with two attached hydrogens (primary N) is 1. The van der Waals surface area contributed by atoms with Gasteiger partial charge in [-0.25, -0.2) is 0 Å². The molecule has 0 amide bonds. The smallest absolute Gasteiger partial charge is 0.0431 e. The second-order valence-corrected chi connectivity index (χ2v) is 5.31. The SMILES string of the molecule is CC1(C(C)(CN)NCCCCCO)CC1. The molecule has 0 heterocycles. The van der Waals surface area contributed by atoms with Crippen LogP contribution in [0.25, 0.3) is 0 Å². The molecule has 90 valence electrons. The van der Waals surface area contributed by atoms with Crippen LogP contribution in [0.1, 0.15) is 46.0 Å². The summed E-state index contributed by atoms with van der Waals surface area (Å²) in [6.45, 7) is 6.60. The summed E-state index contributed by atoms with van der Waals surface area (Å²) >= 11 is 0. The van der Waals surface area contributed by atoms with Crippen molar-refractivity contribution in [3.8, 4) is 0 Å². The molecule has 4 N–H and O–H groups in total. The average molecular weight is 214 g/mol. The minimum atomic E-state index is 0.103. The molecule has 1 fully saturated rings. The highest BCUT2D eigenvalue weighted by atomic mass is 16.2. The fourth-order valence-corrected chi connectivity index (χ4v) is 2.05. The molecule has 0 aromatic carbocycles. The second-order valence-electron chi connectivity index (χ2n) is 5.31. The molecule has 0 aliphatic heterocycles. The lowest BCUT2D eigenvalue weighted by Gasteiger charge is -2.36. The Morgan fingerprint density at radius 3 is 2.47 bits per heavy atom. The van der Waals surface area contributed by atoms with Gasteiger partial charge in [-0.3, -0.25) is 0 Å². The lowest BCUT2D eigenvalue weighted by Crippen LogP contribution is -2.54. The van der Waals surface area contributed by atoms with Crippen LogP contribution >= 0.6 is 0 Å². The summed E-state index contributed by atoms with van der Waals surface area (Å²) in [6, 6.07) is 0. The van der Waals surface area contributed by atoms with Crippen molar-refractivity contribution in [1.82, 2.24) is 5.32 Å². The van der Waals surface area contributed by atoms with E-state index in [-0.39, 0.29) is 5.54 Å². The van der Waals surface area contributed by atoms with Gasteiger partial charge in [0.2, 0.25) is 0 Å². The first-order chi connectivity index (χ1) is 7.08. The van der Waals surface area contributed by atoms with Crippen molar-refractivity contribution in [2.75, 3.05) is 19.7 Å². The molecule has 0 aromatic rings. The summed E-state index contributed by atoms with van der Waals surface area (Å²) in [4.78, 5) is 0. The van der Waals surface area contributed by atoms with E-state index in [2.05, 4.69) is 19.2 Å². The number of nitrogens with one attached hydrogen (secondary N) is 1. The number of aliphatic hydroxyl groups is 1. The van der Waals surface area contributed by atoms with Crippen LogP contribution in [-0.4, -0.2) is 30.3 Å². The highest BCUT2D eigenvalue weighted by Gasteiger charge is 2.51. The van der Waals surface area contributed by atoms with Gasteiger partial charge in [-0.2, -0.15) is 0 Å². The number of unbranched alkanes of at least 4 members (excludes halogenated alkanes) is 2. The van der Waals surface area contributed by atoms with Crippen LogP contribution in [0.4, 0.5) is 0 Å². The molecule has 0 saturated heterocycles. The van der Waals surface area contributed by atoms with Gasteiger partial charge in [-0.15, -0.1) is 0 Å². The van der Waals surface area contributed by atoms with E-state index in [1.165, 1.54) is 12.8 Å². The standard InChI is InChI=1S/C12H26N2O/c1-11(6-7-11)12(2,10-13)14-8-4-3-5-9-15/h14-15H,3-10,13H2,1-2H3. The molecule has 1 atom stereocenters. The molecular formula is C12H26N2O. The Bertz CT molecular complexity index is 192. The van der Waals surface area contributed by atoms with E-state index in [1.807, 2.05) is 0 Å². The molecular weight excluding hydrogens is 188 g/mol. The van der Waals surface area contributed by atoms with E-state index in [1.54, 1.807) is 0 Å². The number of hydrogen-bond acceptors (Lipinski definition) is 3. The fourth-order valence-electron chi connectivity index (χ4n) is 2.05. The quantitative estimate of drug-likeness (QED) is 0.533. The van der Waals surface area contributed by atoms with Crippen molar-refractivity contribution < 1.29 is 5.11 Å². The highest BCUT2D eigenvalue weighted by molar-refractivity contribution is 5.08. The first-order valence-electron chi connectivity index (χ1n) is 6.14. The lowest BCUT2D eigenvalue weighted by atomic mass is 9.83. The Morgan fingerprint density at radius 2 is 2.00 bits per heavy atom. The minimum Gasteiger partial charge on any atom is -0.396 e. The zero-order valence-electron chi connectivity index (χ0n) is 10.2. The summed E-state index contributed by atoms with van der Waals surface area (Å²) in [6.07, 6.45) is 5.74. The van der Waals surface area contributed by atoms with E-state index in [0.717, 1.165) is 25.8 Å². The van der Waals surface area contributed by atoms with Gasteiger partial charge in [-0.1, -0.05) is 6.92 Å². The van der Waals surface area contributed by atoms with Crippen molar-refractivity contribution in [2.24, 2.45) is 11.1 Å². The van der Waals surface area contributed by atoms with Gasteiger partial charge < -0.3 is 16.2 Å². The van der Waals surface area contributed by atoms with Crippen LogP contribution in [-0.2, 0) is 0 Å². The van der Waals surface area contributed by atoms with Crippen LogP contribution < -0.4 is 11.1 Å². The molecule has 1 unspecified atom stereocenters. The van der Waals surface area contributed by atoms with Crippen molar-refractivity contribution in [1.29, 1.82) is 0 Å². The number of rotatable bonds is 8. The van der Waals surface area contributed by atoms with Crippen molar-refractivity contribution in [3.05, 3.63) is 0 Å². The fraction of sp³-hybridized carbons (Fsp3) is 1.00. The lowest BCUT2D eigenvalue weighted by molar-refractivity contribution is 0.229. The van der Waals surface area contributed by atoms with Crippen molar-refractivity contribution >= 4 is 0 Å². The third-order valence-electron chi connectivity index (χ3n) is 4.09. The zero-order chi connectivity index (χ0) is 11.4. The third-order valence-corrected chi connectivity index (χ3v) is 4.09. The minimum absolute atomic E-state index is 0.103. The van der Waals surface area contributed by atoms with Crippen LogP contribution in [0.5, 0.6) is 0 Å². The summed E-state index contributed by atoms with van der Waals surface area (Å²) < 4.78 is 0. The van der Waals surface area contributed by atoms with E-state index in [0.29, 0.717) is 18.6 Å². The van der Waals surface area contributed by atoms with Crippen LogP contribution in [0, 0.1) is 5.41 Å². The molecule has 1 saturated carbocycles. The highest BCUT2D eigenvalue weighted by Crippen LogP contribution is 2.53.